The second-order valence-corrected chi connectivity index (χ2v) is 6.08. The summed E-state index contributed by atoms with van der Waals surface area (Å²) in [6, 6.07) is -1.03. The number of rotatable bonds is 5. The Morgan fingerprint density at radius 1 is 1.37 bits per heavy atom. The zero-order chi connectivity index (χ0) is 14.5. The molecule has 2 atom stereocenters. The average molecular weight is 270 g/mol. The molecule has 0 aromatic carbocycles. The number of carbonyl (C=O) groups is 2. The Morgan fingerprint density at radius 3 is 2.58 bits per heavy atom. The van der Waals surface area contributed by atoms with Gasteiger partial charge in [0.1, 0.15) is 6.04 Å². The van der Waals surface area contributed by atoms with Crippen molar-refractivity contribution < 1.29 is 14.7 Å². The number of nitrogens with one attached hydrogen (secondary N) is 2. The molecule has 0 spiro atoms. The van der Waals surface area contributed by atoms with Gasteiger partial charge < -0.3 is 15.7 Å². The molecule has 0 saturated heterocycles. The van der Waals surface area contributed by atoms with E-state index in [1.807, 2.05) is 6.92 Å². The van der Waals surface area contributed by atoms with Crippen molar-refractivity contribution in [2.45, 2.75) is 71.4 Å². The van der Waals surface area contributed by atoms with Crippen LogP contribution in [-0.2, 0) is 4.79 Å². The van der Waals surface area contributed by atoms with Crippen LogP contribution in [0.1, 0.15) is 59.3 Å². The van der Waals surface area contributed by atoms with E-state index in [1.165, 1.54) is 6.42 Å². The number of carbonyl (C=O) groups excluding carboxylic acids is 1. The van der Waals surface area contributed by atoms with Crippen LogP contribution in [0.5, 0.6) is 0 Å². The first-order valence-electron chi connectivity index (χ1n) is 7.16. The van der Waals surface area contributed by atoms with Gasteiger partial charge in [0, 0.05) is 6.04 Å². The third-order valence-corrected chi connectivity index (χ3v) is 3.99. The van der Waals surface area contributed by atoms with Crippen molar-refractivity contribution in [3.8, 4) is 0 Å². The standard InChI is InChI=1S/C14H26N2O3/c1-4-7-10(12(17)18)15-13(19)16-11-8-5-6-9-14(11,2)3/h10-11H,4-9H2,1-3H3,(H,17,18)(H2,15,16,19)/t10-,11?/m1/s1. The van der Waals surface area contributed by atoms with Crippen LogP contribution in [0, 0.1) is 5.41 Å². The zero-order valence-corrected chi connectivity index (χ0v) is 12.2. The van der Waals surface area contributed by atoms with Crippen molar-refractivity contribution in [1.82, 2.24) is 10.6 Å². The number of amides is 2. The van der Waals surface area contributed by atoms with E-state index in [9.17, 15) is 9.59 Å². The first-order valence-corrected chi connectivity index (χ1v) is 7.16. The van der Waals surface area contributed by atoms with Crippen LogP contribution in [0.4, 0.5) is 4.79 Å². The topological polar surface area (TPSA) is 78.4 Å². The quantitative estimate of drug-likeness (QED) is 0.718. The molecule has 19 heavy (non-hydrogen) atoms. The highest BCUT2D eigenvalue weighted by atomic mass is 16.4. The maximum Gasteiger partial charge on any atom is 0.326 e. The lowest BCUT2D eigenvalue weighted by atomic mass is 9.73. The SMILES string of the molecule is CCC[C@@H](NC(=O)NC1CCCCC1(C)C)C(=O)O. The van der Waals surface area contributed by atoms with Gasteiger partial charge in [-0.2, -0.15) is 0 Å². The molecule has 0 aliphatic heterocycles. The maximum atomic E-state index is 11.9. The lowest BCUT2D eigenvalue weighted by Crippen LogP contribution is -2.53. The van der Waals surface area contributed by atoms with Gasteiger partial charge in [0.05, 0.1) is 0 Å². The minimum Gasteiger partial charge on any atom is -0.480 e. The normalized spacial score (nSPS) is 23.4. The van der Waals surface area contributed by atoms with Gasteiger partial charge in [0.2, 0.25) is 0 Å². The molecule has 0 radical (unpaired) electrons. The number of hydrogen-bond acceptors (Lipinski definition) is 2. The number of hydrogen-bond donors (Lipinski definition) is 3. The van der Waals surface area contributed by atoms with Gasteiger partial charge in [-0.15, -0.1) is 0 Å². The molecule has 2 amide bonds. The van der Waals surface area contributed by atoms with Gasteiger partial charge in [-0.25, -0.2) is 9.59 Å². The van der Waals surface area contributed by atoms with Crippen LogP contribution < -0.4 is 10.6 Å². The molecule has 0 aromatic rings. The van der Waals surface area contributed by atoms with Crippen molar-refractivity contribution in [2.24, 2.45) is 5.41 Å². The summed E-state index contributed by atoms with van der Waals surface area (Å²) < 4.78 is 0. The summed E-state index contributed by atoms with van der Waals surface area (Å²) in [5.74, 6) is -0.972. The summed E-state index contributed by atoms with van der Waals surface area (Å²) in [4.78, 5) is 22.9. The van der Waals surface area contributed by atoms with Crippen molar-refractivity contribution >= 4 is 12.0 Å². The Balaban J connectivity index is 2.51. The van der Waals surface area contributed by atoms with E-state index in [1.54, 1.807) is 0 Å². The molecule has 1 fully saturated rings. The highest BCUT2D eigenvalue weighted by Gasteiger charge is 2.33. The molecule has 1 aliphatic carbocycles. The number of aliphatic carboxylic acids is 1. The molecule has 3 N–H and O–H groups in total. The van der Waals surface area contributed by atoms with E-state index in [0.717, 1.165) is 25.7 Å². The van der Waals surface area contributed by atoms with Crippen LogP contribution >= 0.6 is 0 Å². The van der Waals surface area contributed by atoms with E-state index >= 15 is 0 Å². The predicted molar refractivity (Wildman–Crippen MR) is 74.0 cm³/mol. The first-order chi connectivity index (χ1) is 8.86. The fourth-order valence-electron chi connectivity index (χ4n) is 2.67. The third-order valence-electron chi connectivity index (χ3n) is 3.99. The highest BCUT2D eigenvalue weighted by Crippen LogP contribution is 2.35. The Kier molecular flexibility index (Phi) is 5.63. The molecule has 0 aromatic heterocycles. The summed E-state index contributed by atoms with van der Waals surface area (Å²) in [5.41, 5.74) is 0.0824. The summed E-state index contributed by atoms with van der Waals surface area (Å²) in [7, 11) is 0. The molecule has 1 saturated carbocycles. The fraction of sp³-hybridized carbons (Fsp3) is 0.857. The number of carboxylic acid groups (broad SMARTS) is 1. The summed E-state index contributed by atoms with van der Waals surface area (Å²) in [5, 5.41) is 14.5. The smallest absolute Gasteiger partial charge is 0.326 e. The van der Waals surface area contributed by atoms with Crippen LogP contribution in [0.3, 0.4) is 0 Å². The number of carboxylic acids is 1. The zero-order valence-electron chi connectivity index (χ0n) is 12.2. The van der Waals surface area contributed by atoms with E-state index in [4.69, 9.17) is 5.11 Å². The molecular formula is C14H26N2O3. The van der Waals surface area contributed by atoms with Gasteiger partial charge in [-0.1, -0.05) is 40.0 Å². The van der Waals surface area contributed by atoms with Gasteiger partial charge >= 0.3 is 12.0 Å². The van der Waals surface area contributed by atoms with Crippen LogP contribution in [0.25, 0.3) is 0 Å². The Labute approximate surface area is 115 Å². The lowest BCUT2D eigenvalue weighted by molar-refractivity contribution is -0.139. The van der Waals surface area contributed by atoms with Crippen LogP contribution in [-0.4, -0.2) is 29.2 Å². The monoisotopic (exact) mass is 270 g/mol. The average Bonchev–Trinajstić information content (AvgIpc) is 2.31. The molecule has 0 bridgehead atoms. The van der Waals surface area contributed by atoms with Crippen molar-refractivity contribution in [2.75, 3.05) is 0 Å². The summed E-state index contributed by atoms with van der Waals surface area (Å²) in [6.07, 6.45) is 5.55. The minimum atomic E-state index is -0.972. The molecule has 110 valence electrons. The van der Waals surface area contributed by atoms with Gasteiger partial charge in [-0.3, -0.25) is 0 Å². The molecule has 5 heteroatoms. The van der Waals surface area contributed by atoms with E-state index in [2.05, 4.69) is 24.5 Å². The van der Waals surface area contributed by atoms with E-state index in [-0.39, 0.29) is 17.5 Å². The van der Waals surface area contributed by atoms with Crippen molar-refractivity contribution in [3.63, 3.8) is 0 Å². The molecule has 0 heterocycles. The maximum absolute atomic E-state index is 11.9. The molecule has 5 nitrogen and oxygen atoms in total. The van der Waals surface area contributed by atoms with E-state index in [0.29, 0.717) is 6.42 Å². The number of urea groups is 1. The summed E-state index contributed by atoms with van der Waals surface area (Å²) in [6.45, 7) is 6.20. The highest BCUT2D eigenvalue weighted by molar-refractivity contribution is 5.82. The Bertz CT molecular complexity index is 329. The van der Waals surface area contributed by atoms with E-state index < -0.39 is 12.0 Å². The largest absolute Gasteiger partial charge is 0.480 e. The van der Waals surface area contributed by atoms with Gasteiger partial charge in [0.15, 0.2) is 0 Å². The predicted octanol–water partition coefficient (Wildman–Crippen LogP) is 2.51. The second-order valence-electron chi connectivity index (χ2n) is 6.08. The minimum absolute atomic E-state index is 0.0824. The van der Waals surface area contributed by atoms with Crippen molar-refractivity contribution in [3.05, 3.63) is 0 Å². The fourth-order valence-corrected chi connectivity index (χ4v) is 2.67. The van der Waals surface area contributed by atoms with Crippen LogP contribution in [0.2, 0.25) is 0 Å². The van der Waals surface area contributed by atoms with Gasteiger partial charge in [0.25, 0.3) is 0 Å². The van der Waals surface area contributed by atoms with Crippen LogP contribution in [0.15, 0.2) is 0 Å². The lowest BCUT2D eigenvalue weighted by Gasteiger charge is -2.39. The Hall–Kier alpha value is -1.26. The second kappa shape index (κ2) is 6.78. The molecular weight excluding hydrogens is 244 g/mol. The van der Waals surface area contributed by atoms with Crippen molar-refractivity contribution in [1.29, 1.82) is 0 Å². The first kappa shape index (κ1) is 15.8. The summed E-state index contributed by atoms with van der Waals surface area (Å²) >= 11 is 0. The molecule has 1 rings (SSSR count). The third kappa shape index (κ3) is 4.73. The Morgan fingerprint density at radius 2 is 2.05 bits per heavy atom. The van der Waals surface area contributed by atoms with Gasteiger partial charge in [-0.05, 0) is 24.7 Å². The molecule has 1 unspecified atom stereocenters. The molecule has 1 aliphatic rings.